The van der Waals surface area contributed by atoms with Crippen LogP contribution in [0.2, 0.25) is 0 Å². The summed E-state index contributed by atoms with van der Waals surface area (Å²) in [5, 5.41) is 3.69. The smallest absolute Gasteiger partial charge is 0.00952 e. The Morgan fingerprint density at radius 2 is 1.61 bits per heavy atom. The molecule has 106 valence electrons. The summed E-state index contributed by atoms with van der Waals surface area (Å²) in [6.07, 6.45) is 14.3. The minimum Gasteiger partial charge on any atom is -0.314 e. The van der Waals surface area contributed by atoms with Gasteiger partial charge in [0.25, 0.3) is 0 Å². The third-order valence-electron chi connectivity index (χ3n) is 4.90. The number of hydrogen-bond acceptors (Lipinski definition) is 2. The molecule has 1 heterocycles. The van der Waals surface area contributed by atoms with Gasteiger partial charge in [0.2, 0.25) is 0 Å². The molecule has 1 aliphatic carbocycles. The highest BCUT2D eigenvalue weighted by atomic mass is 15.2. The van der Waals surface area contributed by atoms with Crippen molar-refractivity contribution in [1.82, 2.24) is 10.2 Å². The molecule has 0 bridgehead atoms. The Kier molecular flexibility index (Phi) is 6.50. The maximum absolute atomic E-state index is 3.69. The fraction of sp³-hybridized carbons (Fsp3) is 1.00. The van der Waals surface area contributed by atoms with Gasteiger partial charge in [0.15, 0.2) is 0 Å². The van der Waals surface area contributed by atoms with Gasteiger partial charge in [0.1, 0.15) is 0 Å². The van der Waals surface area contributed by atoms with Gasteiger partial charge in [-0.15, -0.1) is 0 Å². The Morgan fingerprint density at radius 3 is 2.33 bits per heavy atom. The first-order chi connectivity index (χ1) is 8.90. The van der Waals surface area contributed by atoms with E-state index >= 15 is 0 Å². The molecule has 1 N–H and O–H groups in total. The van der Waals surface area contributed by atoms with Crippen LogP contribution in [0, 0.1) is 0 Å². The highest BCUT2D eigenvalue weighted by Gasteiger charge is 2.21. The van der Waals surface area contributed by atoms with Crippen LogP contribution in [0.5, 0.6) is 0 Å². The van der Waals surface area contributed by atoms with E-state index in [4.69, 9.17) is 0 Å². The van der Waals surface area contributed by atoms with E-state index in [1.807, 2.05) is 0 Å². The molecule has 18 heavy (non-hydrogen) atoms. The third kappa shape index (κ3) is 4.55. The van der Waals surface area contributed by atoms with Crippen molar-refractivity contribution in [2.24, 2.45) is 0 Å². The maximum Gasteiger partial charge on any atom is 0.00952 e. The van der Waals surface area contributed by atoms with Crippen molar-refractivity contribution < 1.29 is 0 Å². The molecule has 0 amide bonds. The van der Waals surface area contributed by atoms with Gasteiger partial charge >= 0.3 is 0 Å². The van der Waals surface area contributed by atoms with E-state index in [0.717, 1.165) is 12.1 Å². The molecule has 2 nitrogen and oxygen atoms in total. The maximum atomic E-state index is 3.69. The largest absolute Gasteiger partial charge is 0.314 e. The average molecular weight is 252 g/mol. The van der Waals surface area contributed by atoms with E-state index < -0.39 is 0 Å². The predicted octanol–water partition coefficient (Wildman–Crippen LogP) is 3.56. The fourth-order valence-corrected chi connectivity index (χ4v) is 3.64. The van der Waals surface area contributed by atoms with Crippen LogP contribution in [-0.4, -0.2) is 36.6 Å². The van der Waals surface area contributed by atoms with Gasteiger partial charge in [-0.3, -0.25) is 0 Å². The fourth-order valence-electron chi connectivity index (χ4n) is 3.64. The minimum atomic E-state index is 0.765. The molecule has 0 aromatic rings. The molecule has 1 saturated carbocycles. The summed E-state index contributed by atoms with van der Waals surface area (Å²) < 4.78 is 0. The average Bonchev–Trinajstić information content (AvgIpc) is 2.30. The summed E-state index contributed by atoms with van der Waals surface area (Å²) in [4.78, 5) is 2.83. The molecule has 1 atom stereocenters. The molecule has 0 aromatic heterocycles. The standard InChI is InChI=1S/C16H32N2/c1-2-15-11-14-18(13-8-12-17-15)16-9-6-4-3-5-7-10-16/h15-17H,2-14H2,1H3. The van der Waals surface area contributed by atoms with Crippen LogP contribution >= 0.6 is 0 Å². The van der Waals surface area contributed by atoms with Gasteiger partial charge in [-0.05, 0) is 51.7 Å². The number of rotatable bonds is 2. The highest BCUT2D eigenvalue weighted by molar-refractivity contribution is 4.78. The van der Waals surface area contributed by atoms with Gasteiger partial charge in [-0.25, -0.2) is 0 Å². The molecule has 2 heteroatoms. The van der Waals surface area contributed by atoms with E-state index in [1.165, 1.54) is 83.8 Å². The molecule has 2 fully saturated rings. The van der Waals surface area contributed by atoms with Gasteiger partial charge in [-0.2, -0.15) is 0 Å². The monoisotopic (exact) mass is 252 g/mol. The SMILES string of the molecule is CCC1CCN(C2CCCCCCC2)CCCN1. The van der Waals surface area contributed by atoms with E-state index in [1.54, 1.807) is 0 Å². The van der Waals surface area contributed by atoms with Gasteiger partial charge in [0.05, 0.1) is 0 Å². The first-order valence-corrected chi connectivity index (χ1v) is 8.37. The van der Waals surface area contributed by atoms with Crippen molar-refractivity contribution in [1.29, 1.82) is 0 Å². The van der Waals surface area contributed by atoms with Gasteiger partial charge in [0, 0.05) is 12.1 Å². The van der Waals surface area contributed by atoms with Crippen LogP contribution in [0.15, 0.2) is 0 Å². The molecule has 0 spiro atoms. The molecule has 1 unspecified atom stereocenters. The Balaban J connectivity index is 1.84. The van der Waals surface area contributed by atoms with Gasteiger partial charge in [-0.1, -0.05) is 39.0 Å². The Labute approximate surface area is 114 Å². The van der Waals surface area contributed by atoms with Crippen molar-refractivity contribution in [2.45, 2.75) is 83.2 Å². The van der Waals surface area contributed by atoms with E-state index in [2.05, 4.69) is 17.1 Å². The highest BCUT2D eigenvalue weighted by Crippen LogP contribution is 2.22. The number of nitrogens with zero attached hydrogens (tertiary/aromatic N) is 1. The zero-order valence-corrected chi connectivity index (χ0v) is 12.3. The number of nitrogens with one attached hydrogen (secondary N) is 1. The van der Waals surface area contributed by atoms with Crippen LogP contribution in [0.1, 0.15) is 71.1 Å². The molecule has 0 radical (unpaired) electrons. The Morgan fingerprint density at radius 1 is 0.889 bits per heavy atom. The third-order valence-corrected chi connectivity index (χ3v) is 4.90. The summed E-state index contributed by atoms with van der Waals surface area (Å²) >= 11 is 0. The summed E-state index contributed by atoms with van der Waals surface area (Å²) in [5.41, 5.74) is 0. The van der Waals surface area contributed by atoms with Crippen molar-refractivity contribution in [2.75, 3.05) is 19.6 Å². The predicted molar refractivity (Wildman–Crippen MR) is 79.0 cm³/mol. The molecule has 1 aliphatic heterocycles. The Bertz CT molecular complexity index is 209. The van der Waals surface area contributed by atoms with E-state index in [-0.39, 0.29) is 0 Å². The molecular formula is C16H32N2. The quantitative estimate of drug-likeness (QED) is 0.808. The molecule has 0 aromatic carbocycles. The molecule has 2 aliphatic rings. The van der Waals surface area contributed by atoms with Crippen molar-refractivity contribution in [3.05, 3.63) is 0 Å². The summed E-state index contributed by atoms with van der Waals surface area (Å²) in [6, 6.07) is 1.67. The molecular weight excluding hydrogens is 220 g/mol. The summed E-state index contributed by atoms with van der Waals surface area (Å²) in [7, 11) is 0. The lowest BCUT2D eigenvalue weighted by molar-refractivity contribution is 0.145. The zero-order chi connectivity index (χ0) is 12.6. The lowest BCUT2D eigenvalue weighted by Gasteiger charge is -2.36. The van der Waals surface area contributed by atoms with Crippen molar-refractivity contribution in [3.63, 3.8) is 0 Å². The van der Waals surface area contributed by atoms with Gasteiger partial charge < -0.3 is 10.2 Å². The lowest BCUT2D eigenvalue weighted by Crippen LogP contribution is -2.44. The Hall–Kier alpha value is -0.0800. The minimum absolute atomic E-state index is 0.765. The van der Waals surface area contributed by atoms with Crippen LogP contribution in [0.25, 0.3) is 0 Å². The van der Waals surface area contributed by atoms with Crippen molar-refractivity contribution >= 4 is 0 Å². The van der Waals surface area contributed by atoms with Crippen LogP contribution in [0.4, 0.5) is 0 Å². The van der Waals surface area contributed by atoms with E-state index in [9.17, 15) is 0 Å². The van der Waals surface area contributed by atoms with E-state index in [0.29, 0.717) is 0 Å². The van der Waals surface area contributed by atoms with Crippen LogP contribution < -0.4 is 5.32 Å². The topological polar surface area (TPSA) is 15.3 Å². The molecule has 1 saturated heterocycles. The lowest BCUT2D eigenvalue weighted by atomic mass is 9.94. The second kappa shape index (κ2) is 8.16. The van der Waals surface area contributed by atoms with Crippen molar-refractivity contribution in [3.8, 4) is 0 Å². The molecule has 2 rings (SSSR count). The first-order valence-electron chi connectivity index (χ1n) is 8.37. The summed E-state index contributed by atoms with van der Waals surface area (Å²) in [5.74, 6) is 0. The van der Waals surface area contributed by atoms with Crippen LogP contribution in [-0.2, 0) is 0 Å². The zero-order valence-electron chi connectivity index (χ0n) is 12.3. The second-order valence-corrected chi connectivity index (χ2v) is 6.24. The van der Waals surface area contributed by atoms with Crippen LogP contribution in [0.3, 0.4) is 0 Å². The number of hydrogen-bond donors (Lipinski definition) is 1. The first kappa shape index (κ1) is 14.3. The summed E-state index contributed by atoms with van der Waals surface area (Å²) in [6.45, 7) is 6.20. The second-order valence-electron chi connectivity index (χ2n) is 6.24. The normalized spacial score (nSPS) is 30.2.